The predicted molar refractivity (Wildman–Crippen MR) is 87.5 cm³/mol. The number of carbonyl (C=O) groups excluding carboxylic acids is 1. The maximum Gasteiger partial charge on any atom is 0.306 e. The monoisotopic (exact) mass is 319 g/mol. The number of rotatable bonds is 8. The molecule has 1 aliphatic rings. The molecule has 0 unspecified atom stereocenters. The Labute approximate surface area is 137 Å². The lowest BCUT2D eigenvalue weighted by Gasteiger charge is -2.12. The van der Waals surface area contributed by atoms with Crippen LogP contribution in [0.15, 0.2) is 24.3 Å². The van der Waals surface area contributed by atoms with Crippen LogP contribution in [0.4, 0.5) is 0 Å². The first-order valence-corrected chi connectivity index (χ1v) is 8.32. The van der Waals surface area contributed by atoms with Crippen LogP contribution in [0, 0.1) is 5.92 Å². The highest BCUT2D eigenvalue weighted by molar-refractivity contribution is 5.77. The average Bonchev–Trinajstić information content (AvgIpc) is 3.00. The van der Waals surface area contributed by atoms with Gasteiger partial charge in [-0.1, -0.05) is 19.1 Å². The quantitative estimate of drug-likeness (QED) is 0.772. The van der Waals surface area contributed by atoms with Gasteiger partial charge in [0.05, 0.1) is 12.5 Å². The maximum absolute atomic E-state index is 12.0. The number of carboxylic acid groups (broad SMARTS) is 1. The van der Waals surface area contributed by atoms with Crippen molar-refractivity contribution in [3.8, 4) is 5.75 Å². The summed E-state index contributed by atoms with van der Waals surface area (Å²) in [6, 6.07) is 7.82. The average molecular weight is 319 g/mol. The third kappa shape index (κ3) is 5.58. The van der Waals surface area contributed by atoms with Crippen LogP contribution in [-0.4, -0.2) is 29.6 Å². The lowest BCUT2D eigenvalue weighted by molar-refractivity contribution is -0.141. The van der Waals surface area contributed by atoms with E-state index in [2.05, 4.69) is 12.2 Å². The number of benzene rings is 1. The van der Waals surface area contributed by atoms with Gasteiger partial charge in [0.25, 0.3) is 0 Å². The fourth-order valence-electron chi connectivity index (χ4n) is 2.87. The van der Waals surface area contributed by atoms with Crippen LogP contribution in [-0.2, 0) is 16.0 Å². The van der Waals surface area contributed by atoms with Crippen molar-refractivity contribution in [2.24, 2.45) is 5.92 Å². The summed E-state index contributed by atoms with van der Waals surface area (Å²) in [6.45, 7) is 2.77. The van der Waals surface area contributed by atoms with Crippen molar-refractivity contribution in [1.29, 1.82) is 0 Å². The predicted octanol–water partition coefficient (Wildman–Crippen LogP) is 2.78. The summed E-state index contributed by atoms with van der Waals surface area (Å²) in [5.41, 5.74) is 1.10. The molecule has 2 rings (SSSR count). The summed E-state index contributed by atoms with van der Waals surface area (Å²) in [5, 5.41) is 11.9. The molecule has 5 heteroatoms. The second kappa shape index (κ2) is 8.56. The molecule has 0 saturated heterocycles. The highest BCUT2D eigenvalue weighted by Crippen LogP contribution is 2.25. The normalized spacial score (nSPS) is 20.2. The van der Waals surface area contributed by atoms with Crippen molar-refractivity contribution in [1.82, 2.24) is 5.32 Å². The maximum atomic E-state index is 12.0. The Morgan fingerprint density at radius 2 is 2.00 bits per heavy atom. The molecule has 1 amide bonds. The van der Waals surface area contributed by atoms with Gasteiger partial charge < -0.3 is 15.2 Å². The van der Waals surface area contributed by atoms with E-state index in [1.165, 1.54) is 0 Å². The van der Waals surface area contributed by atoms with Crippen molar-refractivity contribution in [3.63, 3.8) is 0 Å². The highest BCUT2D eigenvalue weighted by Gasteiger charge is 2.30. The molecule has 0 aliphatic heterocycles. The van der Waals surface area contributed by atoms with Gasteiger partial charge in [0.2, 0.25) is 5.91 Å². The van der Waals surface area contributed by atoms with Crippen LogP contribution < -0.4 is 10.1 Å². The minimum atomic E-state index is -0.757. The highest BCUT2D eigenvalue weighted by atomic mass is 16.5. The van der Waals surface area contributed by atoms with Crippen molar-refractivity contribution < 1.29 is 19.4 Å². The van der Waals surface area contributed by atoms with Gasteiger partial charge in [0, 0.05) is 12.5 Å². The number of aliphatic carboxylic acids is 1. The Balaban J connectivity index is 1.71. The topological polar surface area (TPSA) is 75.6 Å². The third-order valence-electron chi connectivity index (χ3n) is 4.18. The molecule has 1 fully saturated rings. The summed E-state index contributed by atoms with van der Waals surface area (Å²) in [5.74, 6) is -0.221. The summed E-state index contributed by atoms with van der Waals surface area (Å²) in [6.07, 6.45) is 4.03. The first-order valence-electron chi connectivity index (χ1n) is 8.32. The fourth-order valence-corrected chi connectivity index (χ4v) is 2.87. The van der Waals surface area contributed by atoms with E-state index in [0.717, 1.165) is 24.2 Å². The summed E-state index contributed by atoms with van der Waals surface area (Å²) < 4.78 is 5.53. The second-order valence-corrected chi connectivity index (χ2v) is 6.11. The molecule has 126 valence electrons. The van der Waals surface area contributed by atoms with Crippen LogP contribution in [0.25, 0.3) is 0 Å². The van der Waals surface area contributed by atoms with E-state index in [1.54, 1.807) is 0 Å². The van der Waals surface area contributed by atoms with Crippen LogP contribution in [0.2, 0.25) is 0 Å². The Bertz CT molecular complexity index is 526. The largest absolute Gasteiger partial charge is 0.494 e. The van der Waals surface area contributed by atoms with Gasteiger partial charge in [-0.25, -0.2) is 0 Å². The smallest absolute Gasteiger partial charge is 0.306 e. The molecular formula is C18H25NO4. The number of hydrogen-bond acceptors (Lipinski definition) is 3. The first-order chi connectivity index (χ1) is 11.1. The molecule has 2 N–H and O–H groups in total. The molecule has 1 saturated carbocycles. The number of carboxylic acids is 1. The van der Waals surface area contributed by atoms with Crippen molar-refractivity contribution in [2.45, 2.75) is 51.5 Å². The van der Waals surface area contributed by atoms with Crippen molar-refractivity contribution in [2.75, 3.05) is 6.61 Å². The lowest BCUT2D eigenvalue weighted by Crippen LogP contribution is -2.33. The number of ether oxygens (including phenoxy) is 1. The van der Waals surface area contributed by atoms with E-state index in [-0.39, 0.29) is 17.9 Å². The van der Waals surface area contributed by atoms with E-state index in [4.69, 9.17) is 9.84 Å². The number of carbonyl (C=O) groups is 2. The first kappa shape index (κ1) is 17.3. The molecule has 23 heavy (non-hydrogen) atoms. The third-order valence-corrected chi connectivity index (χ3v) is 4.18. The summed E-state index contributed by atoms with van der Waals surface area (Å²) in [7, 11) is 0. The van der Waals surface area contributed by atoms with Gasteiger partial charge in [0.1, 0.15) is 5.75 Å². The molecular weight excluding hydrogens is 294 g/mol. The zero-order valence-corrected chi connectivity index (χ0v) is 13.6. The Kier molecular flexibility index (Phi) is 6.44. The van der Waals surface area contributed by atoms with Gasteiger partial charge in [0.15, 0.2) is 0 Å². The van der Waals surface area contributed by atoms with Crippen LogP contribution in [0.5, 0.6) is 5.75 Å². The summed E-state index contributed by atoms with van der Waals surface area (Å²) >= 11 is 0. The Hall–Kier alpha value is -2.04. The van der Waals surface area contributed by atoms with Gasteiger partial charge in [-0.05, 0) is 49.8 Å². The molecule has 0 heterocycles. The van der Waals surface area contributed by atoms with Gasteiger partial charge >= 0.3 is 5.97 Å². The number of amides is 1. The van der Waals surface area contributed by atoms with E-state index < -0.39 is 5.97 Å². The molecule has 0 radical (unpaired) electrons. The molecule has 2 atom stereocenters. The van der Waals surface area contributed by atoms with E-state index in [9.17, 15) is 9.59 Å². The van der Waals surface area contributed by atoms with Gasteiger partial charge in [-0.3, -0.25) is 9.59 Å². The number of aryl methyl sites for hydroxylation is 1. The Morgan fingerprint density at radius 1 is 1.26 bits per heavy atom. The van der Waals surface area contributed by atoms with Gasteiger partial charge in [-0.15, -0.1) is 0 Å². The molecule has 0 spiro atoms. The standard InChI is InChI=1S/C18H25NO4/c1-2-11-23-16-8-3-13(4-9-16)5-10-17(20)19-15-7-6-14(12-15)18(21)22/h3-4,8-9,14-15H,2,5-7,10-12H2,1H3,(H,19,20)(H,21,22)/t14-,15+/m1/s1. The molecule has 0 aromatic heterocycles. The SMILES string of the molecule is CCCOc1ccc(CCC(=O)N[C@H]2CC[C@@H](C(=O)O)C2)cc1. The zero-order valence-electron chi connectivity index (χ0n) is 13.6. The fraction of sp³-hybridized carbons (Fsp3) is 0.556. The van der Waals surface area contributed by atoms with Crippen molar-refractivity contribution in [3.05, 3.63) is 29.8 Å². The molecule has 1 aromatic rings. The molecule has 1 aromatic carbocycles. The van der Waals surface area contributed by atoms with Gasteiger partial charge in [-0.2, -0.15) is 0 Å². The number of nitrogens with one attached hydrogen (secondary N) is 1. The van der Waals surface area contributed by atoms with E-state index in [0.29, 0.717) is 32.3 Å². The number of hydrogen-bond donors (Lipinski definition) is 2. The second-order valence-electron chi connectivity index (χ2n) is 6.11. The minimum absolute atomic E-state index is 0.00708. The van der Waals surface area contributed by atoms with E-state index in [1.807, 2.05) is 24.3 Å². The summed E-state index contributed by atoms with van der Waals surface area (Å²) in [4.78, 5) is 22.9. The minimum Gasteiger partial charge on any atom is -0.494 e. The molecule has 1 aliphatic carbocycles. The Morgan fingerprint density at radius 3 is 2.61 bits per heavy atom. The van der Waals surface area contributed by atoms with Crippen molar-refractivity contribution >= 4 is 11.9 Å². The van der Waals surface area contributed by atoms with E-state index >= 15 is 0 Å². The van der Waals surface area contributed by atoms with Crippen LogP contribution >= 0.6 is 0 Å². The zero-order chi connectivity index (χ0) is 16.7. The van der Waals surface area contributed by atoms with Crippen LogP contribution in [0.1, 0.15) is 44.6 Å². The molecule has 0 bridgehead atoms. The van der Waals surface area contributed by atoms with Crippen LogP contribution in [0.3, 0.4) is 0 Å². The lowest BCUT2D eigenvalue weighted by atomic mass is 10.1. The molecule has 5 nitrogen and oxygen atoms in total.